The van der Waals surface area contributed by atoms with E-state index in [9.17, 15) is 13.2 Å². The molecular formula is C17H19NO6S2. The minimum Gasteiger partial charge on any atom is -0.494 e. The Hall–Kier alpha value is -2.10. The number of aromatic carboxylic acids is 1. The molecule has 0 unspecified atom stereocenters. The lowest BCUT2D eigenvalue weighted by Crippen LogP contribution is -2.24. The summed E-state index contributed by atoms with van der Waals surface area (Å²) >= 11 is 0.871. The summed E-state index contributed by atoms with van der Waals surface area (Å²) in [4.78, 5) is 10.7. The second kappa shape index (κ2) is 7.26. The van der Waals surface area contributed by atoms with Gasteiger partial charge in [-0.2, -0.15) is 0 Å². The molecule has 1 aromatic heterocycles. The number of hydrogen-bond acceptors (Lipinski definition) is 6. The highest BCUT2D eigenvalue weighted by atomic mass is 32.2. The second-order valence-corrected chi connectivity index (χ2v) is 8.53. The summed E-state index contributed by atoms with van der Waals surface area (Å²) in [5, 5.41) is 10.6. The lowest BCUT2D eigenvalue weighted by molar-refractivity contribution is 0.0698. The van der Waals surface area contributed by atoms with Crippen molar-refractivity contribution in [3.63, 3.8) is 0 Å². The van der Waals surface area contributed by atoms with Gasteiger partial charge in [0.1, 0.15) is 27.4 Å². The van der Waals surface area contributed by atoms with E-state index in [1.165, 1.54) is 11.4 Å². The van der Waals surface area contributed by atoms with Crippen LogP contribution in [0.2, 0.25) is 0 Å². The summed E-state index contributed by atoms with van der Waals surface area (Å²) in [5.74, 6) is 0.0441. The predicted molar refractivity (Wildman–Crippen MR) is 96.7 cm³/mol. The van der Waals surface area contributed by atoms with Gasteiger partial charge < -0.3 is 14.6 Å². The number of nitrogens with one attached hydrogen (secondary N) is 1. The quantitative estimate of drug-likeness (QED) is 0.745. The van der Waals surface area contributed by atoms with E-state index in [4.69, 9.17) is 14.6 Å². The topological polar surface area (TPSA) is 102 Å². The van der Waals surface area contributed by atoms with Crippen molar-refractivity contribution in [2.24, 2.45) is 0 Å². The van der Waals surface area contributed by atoms with E-state index in [0.29, 0.717) is 17.9 Å². The number of carbonyl (C=O) groups is 1. The second-order valence-electron chi connectivity index (χ2n) is 5.88. The molecule has 0 fully saturated rings. The molecule has 2 heterocycles. The SMILES string of the molecule is CCOc1cc2c(cc1CNS(=O)(=O)c1ccsc1C(=O)O)O[C@H](C)C2. The molecule has 9 heteroatoms. The maximum Gasteiger partial charge on any atom is 0.347 e. The molecule has 0 aliphatic carbocycles. The zero-order chi connectivity index (χ0) is 18.9. The Morgan fingerprint density at radius 3 is 2.92 bits per heavy atom. The number of ether oxygens (including phenoxy) is 2. The number of sulfonamides is 1. The van der Waals surface area contributed by atoms with Crippen molar-refractivity contribution in [1.82, 2.24) is 4.72 Å². The molecule has 0 saturated carbocycles. The van der Waals surface area contributed by atoms with Crippen molar-refractivity contribution in [2.75, 3.05) is 6.61 Å². The van der Waals surface area contributed by atoms with Gasteiger partial charge in [-0.25, -0.2) is 17.9 Å². The number of benzene rings is 1. The van der Waals surface area contributed by atoms with Crippen molar-refractivity contribution in [3.05, 3.63) is 39.6 Å². The van der Waals surface area contributed by atoms with E-state index in [1.807, 2.05) is 19.9 Å². The predicted octanol–water partition coefficient (Wildman–Crippen LogP) is 2.65. The van der Waals surface area contributed by atoms with Crippen LogP contribution in [0, 0.1) is 0 Å². The average molecular weight is 397 g/mol. The van der Waals surface area contributed by atoms with Crippen LogP contribution in [0.25, 0.3) is 0 Å². The summed E-state index contributed by atoms with van der Waals surface area (Å²) in [6.45, 7) is 4.23. The van der Waals surface area contributed by atoms with Crippen LogP contribution in [0.5, 0.6) is 11.5 Å². The molecule has 0 saturated heterocycles. The molecule has 1 aromatic carbocycles. The fourth-order valence-electron chi connectivity index (χ4n) is 2.83. The maximum absolute atomic E-state index is 12.5. The van der Waals surface area contributed by atoms with Crippen LogP contribution in [0.15, 0.2) is 28.5 Å². The van der Waals surface area contributed by atoms with Gasteiger partial charge in [0, 0.05) is 24.1 Å². The Kier molecular flexibility index (Phi) is 5.22. The molecule has 1 aliphatic rings. The highest BCUT2D eigenvalue weighted by molar-refractivity contribution is 7.89. The first-order chi connectivity index (χ1) is 12.3. The molecule has 1 aliphatic heterocycles. The smallest absolute Gasteiger partial charge is 0.347 e. The molecule has 140 valence electrons. The Balaban J connectivity index is 1.86. The van der Waals surface area contributed by atoms with Crippen LogP contribution < -0.4 is 14.2 Å². The third-order valence-electron chi connectivity index (χ3n) is 3.94. The Labute approximate surface area is 155 Å². The highest BCUT2D eigenvalue weighted by Crippen LogP contribution is 2.35. The van der Waals surface area contributed by atoms with Gasteiger partial charge in [-0.3, -0.25) is 0 Å². The lowest BCUT2D eigenvalue weighted by atomic mass is 10.1. The van der Waals surface area contributed by atoms with E-state index < -0.39 is 16.0 Å². The molecule has 3 rings (SSSR count). The Morgan fingerprint density at radius 1 is 1.46 bits per heavy atom. The standard InChI is InChI=1S/C17H19NO6S2/c1-3-23-13-7-11-6-10(2)24-14(11)8-12(13)9-18-26(21,22)15-4-5-25-16(15)17(19)20/h4-5,7-8,10,18H,3,6,9H2,1-2H3,(H,19,20)/t10-/m1/s1. The zero-order valence-electron chi connectivity index (χ0n) is 14.3. The van der Waals surface area contributed by atoms with Crippen LogP contribution in [0.4, 0.5) is 0 Å². The molecule has 2 N–H and O–H groups in total. The number of hydrogen-bond donors (Lipinski definition) is 2. The van der Waals surface area contributed by atoms with Gasteiger partial charge in [0.15, 0.2) is 0 Å². The number of fused-ring (bicyclic) bond motifs is 1. The molecule has 26 heavy (non-hydrogen) atoms. The van der Waals surface area contributed by atoms with Crippen molar-refractivity contribution < 1.29 is 27.8 Å². The molecule has 0 spiro atoms. The van der Waals surface area contributed by atoms with E-state index in [2.05, 4.69) is 4.72 Å². The number of carboxylic acid groups (broad SMARTS) is 1. The number of thiophene rings is 1. The van der Waals surface area contributed by atoms with Crippen LogP contribution in [-0.4, -0.2) is 32.2 Å². The summed E-state index contributed by atoms with van der Waals surface area (Å²) in [7, 11) is -3.96. The van der Waals surface area contributed by atoms with E-state index in [-0.39, 0.29) is 22.4 Å². The summed E-state index contributed by atoms with van der Waals surface area (Å²) in [6.07, 6.45) is 0.841. The van der Waals surface area contributed by atoms with Gasteiger partial charge in [0.2, 0.25) is 10.0 Å². The van der Waals surface area contributed by atoms with Gasteiger partial charge in [-0.1, -0.05) is 0 Å². The first-order valence-corrected chi connectivity index (χ1v) is 10.4. The summed E-state index contributed by atoms with van der Waals surface area (Å²) in [6, 6.07) is 4.94. The fraction of sp³-hybridized carbons (Fsp3) is 0.353. The molecular weight excluding hydrogens is 378 g/mol. The van der Waals surface area contributed by atoms with Crippen molar-refractivity contribution in [2.45, 2.75) is 37.8 Å². The zero-order valence-corrected chi connectivity index (χ0v) is 15.9. The Bertz CT molecular complexity index is 935. The highest BCUT2D eigenvalue weighted by Gasteiger charge is 2.25. The van der Waals surface area contributed by atoms with Crippen LogP contribution in [-0.2, 0) is 23.0 Å². The molecule has 0 amide bonds. The summed E-state index contributed by atoms with van der Waals surface area (Å²) in [5.41, 5.74) is 1.66. The van der Waals surface area contributed by atoms with Crippen LogP contribution in [0.1, 0.15) is 34.6 Å². The molecule has 1 atom stereocenters. The maximum atomic E-state index is 12.5. The third kappa shape index (κ3) is 3.69. The van der Waals surface area contributed by atoms with E-state index >= 15 is 0 Å². The molecule has 2 aromatic rings. The van der Waals surface area contributed by atoms with Crippen LogP contribution in [0.3, 0.4) is 0 Å². The van der Waals surface area contributed by atoms with E-state index in [0.717, 1.165) is 29.1 Å². The minimum absolute atomic E-state index is 0.0302. The van der Waals surface area contributed by atoms with E-state index in [1.54, 1.807) is 6.07 Å². The van der Waals surface area contributed by atoms with Crippen LogP contribution >= 0.6 is 11.3 Å². The fourth-order valence-corrected chi connectivity index (χ4v) is 5.09. The normalized spacial score (nSPS) is 16.2. The molecule has 7 nitrogen and oxygen atoms in total. The molecule has 0 bridgehead atoms. The molecule has 0 radical (unpaired) electrons. The number of carboxylic acids is 1. The van der Waals surface area contributed by atoms with Gasteiger partial charge in [-0.05, 0) is 37.4 Å². The monoisotopic (exact) mass is 397 g/mol. The first kappa shape index (κ1) is 18.7. The van der Waals surface area contributed by atoms with Crippen molar-refractivity contribution in [3.8, 4) is 11.5 Å². The average Bonchev–Trinajstić information content (AvgIpc) is 3.19. The van der Waals surface area contributed by atoms with Crippen molar-refractivity contribution >= 4 is 27.3 Å². The van der Waals surface area contributed by atoms with Gasteiger partial charge >= 0.3 is 5.97 Å². The van der Waals surface area contributed by atoms with Crippen molar-refractivity contribution in [1.29, 1.82) is 0 Å². The summed E-state index contributed by atoms with van der Waals surface area (Å²) < 4.78 is 38.8. The minimum atomic E-state index is -3.96. The first-order valence-electron chi connectivity index (χ1n) is 8.07. The Morgan fingerprint density at radius 2 is 2.23 bits per heavy atom. The third-order valence-corrected chi connectivity index (χ3v) is 6.42. The largest absolute Gasteiger partial charge is 0.494 e. The lowest BCUT2D eigenvalue weighted by Gasteiger charge is -2.13. The number of rotatable bonds is 7. The van der Waals surface area contributed by atoms with Gasteiger partial charge in [0.05, 0.1) is 6.61 Å². The van der Waals surface area contributed by atoms with Gasteiger partial charge in [-0.15, -0.1) is 11.3 Å². The van der Waals surface area contributed by atoms with Gasteiger partial charge in [0.25, 0.3) is 0 Å².